The summed E-state index contributed by atoms with van der Waals surface area (Å²) < 4.78 is 12.5. The van der Waals surface area contributed by atoms with E-state index >= 15 is 0 Å². The first-order chi connectivity index (χ1) is 11.8. The summed E-state index contributed by atoms with van der Waals surface area (Å²) in [5, 5.41) is 14.6. The van der Waals surface area contributed by atoms with E-state index in [0.717, 1.165) is 28.4 Å². The molecule has 0 amide bonds. The first kappa shape index (κ1) is 15.8. The highest BCUT2D eigenvalue weighted by atomic mass is 16.5. The number of tetrazole rings is 1. The summed E-state index contributed by atoms with van der Waals surface area (Å²) in [5.41, 5.74) is 3.08. The standard InChI is InChI=1S/C17H19N5O2/c1-13-11-14(3-8-17(13)22-12-19-20-21-22)18-9-10-24-16-6-4-15(23-2)5-7-16/h3-8,11-12,18H,9-10H2,1-2H3. The Hall–Kier alpha value is -3.09. The van der Waals surface area contributed by atoms with Crippen molar-refractivity contribution in [3.8, 4) is 17.2 Å². The van der Waals surface area contributed by atoms with Gasteiger partial charge in [-0.15, -0.1) is 5.10 Å². The van der Waals surface area contributed by atoms with E-state index in [1.54, 1.807) is 18.1 Å². The number of aryl methyl sites for hydroxylation is 1. The number of hydrogen-bond acceptors (Lipinski definition) is 6. The van der Waals surface area contributed by atoms with Gasteiger partial charge in [0.15, 0.2) is 0 Å². The van der Waals surface area contributed by atoms with Crippen LogP contribution in [0.5, 0.6) is 11.5 Å². The Balaban J connectivity index is 1.50. The molecule has 0 unspecified atom stereocenters. The van der Waals surface area contributed by atoms with Crippen LogP contribution in [0.2, 0.25) is 0 Å². The molecule has 3 rings (SSSR count). The van der Waals surface area contributed by atoms with E-state index in [4.69, 9.17) is 9.47 Å². The van der Waals surface area contributed by atoms with Gasteiger partial charge in [-0.25, -0.2) is 4.68 Å². The zero-order chi connectivity index (χ0) is 16.8. The van der Waals surface area contributed by atoms with Crippen molar-refractivity contribution in [2.75, 3.05) is 25.6 Å². The Bertz CT molecular complexity index is 772. The van der Waals surface area contributed by atoms with E-state index < -0.39 is 0 Å². The van der Waals surface area contributed by atoms with Crippen LogP contribution in [0.25, 0.3) is 5.69 Å². The highest BCUT2D eigenvalue weighted by Crippen LogP contribution is 2.18. The van der Waals surface area contributed by atoms with Crippen molar-refractivity contribution in [2.45, 2.75) is 6.92 Å². The SMILES string of the molecule is COc1ccc(OCCNc2ccc(-n3cnnn3)c(C)c2)cc1. The van der Waals surface area contributed by atoms with Crippen LogP contribution in [0.15, 0.2) is 48.8 Å². The second-order valence-corrected chi connectivity index (χ2v) is 5.21. The van der Waals surface area contributed by atoms with Crippen LogP contribution in [0.4, 0.5) is 5.69 Å². The molecule has 0 aliphatic rings. The molecule has 1 heterocycles. The first-order valence-corrected chi connectivity index (χ1v) is 7.61. The van der Waals surface area contributed by atoms with Crippen molar-refractivity contribution in [1.82, 2.24) is 20.2 Å². The van der Waals surface area contributed by atoms with E-state index in [1.165, 1.54) is 0 Å². The third-order valence-electron chi connectivity index (χ3n) is 3.55. The lowest BCUT2D eigenvalue weighted by Gasteiger charge is -2.11. The summed E-state index contributed by atoms with van der Waals surface area (Å²) in [5.74, 6) is 1.64. The molecule has 7 nitrogen and oxygen atoms in total. The fourth-order valence-electron chi connectivity index (χ4n) is 2.33. The third kappa shape index (κ3) is 3.81. The number of rotatable bonds is 7. The number of ether oxygens (including phenoxy) is 2. The highest BCUT2D eigenvalue weighted by molar-refractivity contribution is 5.53. The smallest absolute Gasteiger partial charge is 0.143 e. The summed E-state index contributed by atoms with van der Waals surface area (Å²) in [6.07, 6.45) is 1.58. The number of aromatic nitrogens is 4. The fourth-order valence-corrected chi connectivity index (χ4v) is 2.33. The second-order valence-electron chi connectivity index (χ2n) is 5.21. The van der Waals surface area contributed by atoms with Gasteiger partial charge in [-0.05, 0) is 65.4 Å². The molecular formula is C17H19N5O2. The molecule has 1 N–H and O–H groups in total. The fraction of sp³-hybridized carbons (Fsp3) is 0.235. The van der Waals surface area contributed by atoms with Crippen LogP contribution in [-0.2, 0) is 0 Å². The molecule has 0 aliphatic heterocycles. The van der Waals surface area contributed by atoms with Crippen molar-refractivity contribution >= 4 is 5.69 Å². The Labute approximate surface area is 140 Å². The minimum absolute atomic E-state index is 0.570. The zero-order valence-corrected chi connectivity index (χ0v) is 13.6. The number of nitrogens with zero attached hydrogens (tertiary/aromatic N) is 4. The number of benzene rings is 2. The van der Waals surface area contributed by atoms with Gasteiger partial charge in [0.1, 0.15) is 24.4 Å². The molecule has 0 spiro atoms. The molecular weight excluding hydrogens is 306 g/mol. The van der Waals surface area contributed by atoms with Crippen LogP contribution in [0.3, 0.4) is 0 Å². The van der Waals surface area contributed by atoms with Crippen LogP contribution in [-0.4, -0.2) is 40.5 Å². The van der Waals surface area contributed by atoms with Crippen LogP contribution in [0, 0.1) is 6.92 Å². The molecule has 0 fully saturated rings. The first-order valence-electron chi connectivity index (χ1n) is 7.61. The van der Waals surface area contributed by atoms with Crippen LogP contribution < -0.4 is 14.8 Å². The normalized spacial score (nSPS) is 10.4. The van der Waals surface area contributed by atoms with Crippen molar-refractivity contribution in [2.24, 2.45) is 0 Å². The molecule has 1 aromatic heterocycles. The Morgan fingerprint density at radius 2 is 1.88 bits per heavy atom. The van der Waals surface area contributed by atoms with Gasteiger partial charge in [0, 0.05) is 12.2 Å². The molecule has 7 heteroatoms. The Morgan fingerprint density at radius 1 is 1.08 bits per heavy atom. The molecule has 0 radical (unpaired) electrons. The van der Waals surface area contributed by atoms with Gasteiger partial charge < -0.3 is 14.8 Å². The number of hydrogen-bond donors (Lipinski definition) is 1. The molecule has 2 aromatic carbocycles. The van der Waals surface area contributed by atoms with Gasteiger partial charge in [-0.3, -0.25) is 0 Å². The number of anilines is 1. The molecule has 0 saturated heterocycles. The molecule has 124 valence electrons. The largest absolute Gasteiger partial charge is 0.497 e. The van der Waals surface area contributed by atoms with E-state index in [0.29, 0.717) is 13.2 Å². The highest BCUT2D eigenvalue weighted by Gasteiger charge is 2.03. The zero-order valence-electron chi connectivity index (χ0n) is 13.6. The van der Waals surface area contributed by atoms with Crippen molar-refractivity contribution in [1.29, 1.82) is 0 Å². The number of nitrogens with one attached hydrogen (secondary N) is 1. The summed E-state index contributed by atoms with van der Waals surface area (Å²) in [6, 6.07) is 13.6. The van der Waals surface area contributed by atoms with Gasteiger partial charge in [-0.2, -0.15) is 0 Å². The van der Waals surface area contributed by atoms with Gasteiger partial charge in [-0.1, -0.05) is 0 Å². The van der Waals surface area contributed by atoms with E-state index in [2.05, 4.69) is 26.9 Å². The van der Waals surface area contributed by atoms with Gasteiger partial charge in [0.05, 0.1) is 12.8 Å². The van der Waals surface area contributed by atoms with Crippen LogP contribution >= 0.6 is 0 Å². The van der Waals surface area contributed by atoms with Gasteiger partial charge in [0.2, 0.25) is 0 Å². The lowest BCUT2D eigenvalue weighted by Crippen LogP contribution is -2.11. The lowest BCUT2D eigenvalue weighted by atomic mass is 10.2. The third-order valence-corrected chi connectivity index (χ3v) is 3.55. The monoisotopic (exact) mass is 325 g/mol. The summed E-state index contributed by atoms with van der Waals surface area (Å²) in [4.78, 5) is 0. The maximum Gasteiger partial charge on any atom is 0.143 e. The number of methoxy groups -OCH3 is 1. The van der Waals surface area contributed by atoms with Crippen molar-refractivity contribution < 1.29 is 9.47 Å². The van der Waals surface area contributed by atoms with Gasteiger partial charge in [0.25, 0.3) is 0 Å². The average molecular weight is 325 g/mol. The Kier molecular flexibility index (Phi) is 4.90. The molecule has 3 aromatic rings. The minimum atomic E-state index is 0.570. The predicted octanol–water partition coefficient (Wildman–Crippen LogP) is 2.47. The molecule has 0 saturated carbocycles. The summed E-state index contributed by atoms with van der Waals surface area (Å²) in [7, 11) is 1.65. The minimum Gasteiger partial charge on any atom is -0.497 e. The maximum atomic E-state index is 5.69. The van der Waals surface area contributed by atoms with E-state index in [-0.39, 0.29) is 0 Å². The molecule has 0 atom stereocenters. The van der Waals surface area contributed by atoms with Crippen LogP contribution in [0.1, 0.15) is 5.56 Å². The summed E-state index contributed by atoms with van der Waals surface area (Å²) >= 11 is 0. The topological polar surface area (TPSA) is 74.1 Å². The van der Waals surface area contributed by atoms with E-state index in [1.807, 2.05) is 43.3 Å². The lowest BCUT2D eigenvalue weighted by molar-refractivity contribution is 0.332. The Morgan fingerprint density at radius 3 is 2.54 bits per heavy atom. The molecule has 24 heavy (non-hydrogen) atoms. The average Bonchev–Trinajstić information content (AvgIpc) is 3.14. The van der Waals surface area contributed by atoms with Gasteiger partial charge >= 0.3 is 0 Å². The molecule has 0 bridgehead atoms. The predicted molar refractivity (Wildman–Crippen MR) is 90.9 cm³/mol. The van der Waals surface area contributed by atoms with E-state index in [9.17, 15) is 0 Å². The van der Waals surface area contributed by atoms with Crippen molar-refractivity contribution in [3.63, 3.8) is 0 Å². The second kappa shape index (κ2) is 7.45. The van der Waals surface area contributed by atoms with Crippen molar-refractivity contribution in [3.05, 3.63) is 54.4 Å². The summed E-state index contributed by atoms with van der Waals surface area (Å²) in [6.45, 7) is 3.30. The quantitative estimate of drug-likeness (QED) is 0.673. The maximum absolute atomic E-state index is 5.69. The molecule has 0 aliphatic carbocycles.